The van der Waals surface area contributed by atoms with E-state index >= 15 is 0 Å². The van der Waals surface area contributed by atoms with Crippen LogP contribution in [0.5, 0.6) is 0 Å². The molecule has 1 saturated heterocycles. The van der Waals surface area contributed by atoms with E-state index in [0.717, 1.165) is 22.0 Å². The molecule has 1 aliphatic rings. The Labute approximate surface area is 157 Å². The highest BCUT2D eigenvalue weighted by Gasteiger charge is 2.41. The maximum atomic E-state index is 13.5. The lowest BCUT2D eigenvalue weighted by Gasteiger charge is -2.36. The smallest absolute Gasteiger partial charge is 0.230 e. The second-order valence-corrected chi connectivity index (χ2v) is 7.07. The Balaban J connectivity index is 1.48. The molecule has 4 nitrogen and oxygen atoms in total. The number of nitrogens with one attached hydrogen (secondary N) is 2. The van der Waals surface area contributed by atoms with Gasteiger partial charge in [0.2, 0.25) is 5.91 Å². The first-order chi connectivity index (χ1) is 13.2. The van der Waals surface area contributed by atoms with Gasteiger partial charge in [0.25, 0.3) is 0 Å². The number of rotatable bonds is 5. The number of halogens is 1. The van der Waals surface area contributed by atoms with Crippen molar-refractivity contribution >= 4 is 16.8 Å². The molecule has 140 valence electrons. The number of hydrogen-bond donors (Lipinski definition) is 2. The molecule has 0 atom stereocenters. The monoisotopic (exact) mass is 366 g/mol. The highest BCUT2D eigenvalue weighted by atomic mass is 19.1. The van der Waals surface area contributed by atoms with Crippen molar-refractivity contribution in [1.82, 2.24) is 10.3 Å². The predicted molar refractivity (Wildman–Crippen MR) is 103 cm³/mol. The van der Waals surface area contributed by atoms with Gasteiger partial charge in [-0.2, -0.15) is 0 Å². The fourth-order valence-corrected chi connectivity index (χ4v) is 3.96. The molecule has 0 aliphatic carbocycles. The van der Waals surface area contributed by atoms with Crippen molar-refractivity contribution in [3.63, 3.8) is 0 Å². The third-order valence-electron chi connectivity index (χ3n) is 5.52. The van der Waals surface area contributed by atoms with Crippen molar-refractivity contribution in [2.24, 2.45) is 0 Å². The fourth-order valence-electron chi connectivity index (χ4n) is 3.96. The standard InChI is InChI=1S/C22H23FN2O2/c23-18-6-7-20-19(14-18)16(15-25-20)8-11-24-21(26)22(9-12-27-13-10-22)17-4-2-1-3-5-17/h1-7,14-15,25H,8-13H2,(H,24,26). The van der Waals surface area contributed by atoms with Gasteiger partial charge < -0.3 is 15.0 Å². The van der Waals surface area contributed by atoms with Crippen LogP contribution in [0.15, 0.2) is 54.7 Å². The van der Waals surface area contributed by atoms with Gasteiger partial charge in [-0.3, -0.25) is 4.79 Å². The maximum Gasteiger partial charge on any atom is 0.230 e. The molecule has 27 heavy (non-hydrogen) atoms. The van der Waals surface area contributed by atoms with Gasteiger partial charge in [-0.05, 0) is 48.6 Å². The Morgan fingerprint density at radius 1 is 1.15 bits per heavy atom. The number of fused-ring (bicyclic) bond motifs is 1. The number of carbonyl (C=O) groups is 1. The summed E-state index contributed by atoms with van der Waals surface area (Å²) in [5.74, 6) is -0.208. The van der Waals surface area contributed by atoms with Gasteiger partial charge in [-0.25, -0.2) is 4.39 Å². The van der Waals surface area contributed by atoms with Crippen LogP contribution >= 0.6 is 0 Å². The highest BCUT2D eigenvalue weighted by Crippen LogP contribution is 2.35. The summed E-state index contributed by atoms with van der Waals surface area (Å²) >= 11 is 0. The second-order valence-electron chi connectivity index (χ2n) is 7.07. The molecular weight excluding hydrogens is 343 g/mol. The van der Waals surface area contributed by atoms with Crippen LogP contribution in [0.4, 0.5) is 4.39 Å². The first-order valence-electron chi connectivity index (χ1n) is 9.36. The minimum absolute atomic E-state index is 0.0445. The summed E-state index contributed by atoms with van der Waals surface area (Å²) in [4.78, 5) is 16.3. The third kappa shape index (κ3) is 3.47. The third-order valence-corrected chi connectivity index (χ3v) is 5.52. The first kappa shape index (κ1) is 17.7. The Bertz CT molecular complexity index is 930. The average Bonchev–Trinajstić information content (AvgIpc) is 3.11. The average molecular weight is 366 g/mol. The van der Waals surface area contributed by atoms with Gasteiger partial charge in [0.15, 0.2) is 0 Å². The molecule has 4 rings (SSSR count). The van der Waals surface area contributed by atoms with E-state index in [0.29, 0.717) is 39.0 Å². The van der Waals surface area contributed by atoms with Crippen LogP contribution < -0.4 is 5.32 Å². The van der Waals surface area contributed by atoms with E-state index in [1.54, 1.807) is 6.07 Å². The molecule has 1 aromatic heterocycles. The Morgan fingerprint density at radius 3 is 2.70 bits per heavy atom. The molecule has 0 saturated carbocycles. The van der Waals surface area contributed by atoms with Crippen molar-refractivity contribution in [2.45, 2.75) is 24.7 Å². The van der Waals surface area contributed by atoms with Gasteiger partial charge in [-0.15, -0.1) is 0 Å². The molecule has 0 unspecified atom stereocenters. The van der Waals surface area contributed by atoms with E-state index in [4.69, 9.17) is 4.74 Å². The van der Waals surface area contributed by atoms with Crippen molar-refractivity contribution in [3.8, 4) is 0 Å². The largest absolute Gasteiger partial charge is 0.381 e. The van der Waals surface area contributed by atoms with Crippen LogP contribution in [0, 0.1) is 5.82 Å². The van der Waals surface area contributed by atoms with Crippen molar-refractivity contribution in [2.75, 3.05) is 19.8 Å². The fraction of sp³-hybridized carbons (Fsp3) is 0.318. The van der Waals surface area contributed by atoms with Crippen LogP contribution in [-0.4, -0.2) is 30.6 Å². The zero-order chi connectivity index (χ0) is 18.7. The van der Waals surface area contributed by atoms with E-state index in [1.165, 1.54) is 12.1 Å². The highest BCUT2D eigenvalue weighted by molar-refractivity contribution is 5.88. The molecule has 0 bridgehead atoms. The van der Waals surface area contributed by atoms with Crippen LogP contribution in [0.25, 0.3) is 10.9 Å². The predicted octanol–water partition coefficient (Wildman–Crippen LogP) is 3.71. The lowest BCUT2D eigenvalue weighted by molar-refractivity contribution is -0.130. The lowest BCUT2D eigenvalue weighted by atomic mass is 9.73. The number of carbonyl (C=O) groups excluding carboxylic acids is 1. The maximum absolute atomic E-state index is 13.5. The second kappa shape index (κ2) is 7.53. The number of H-pyrrole nitrogens is 1. The number of hydrogen-bond acceptors (Lipinski definition) is 2. The molecular formula is C22H23FN2O2. The zero-order valence-electron chi connectivity index (χ0n) is 15.1. The van der Waals surface area contributed by atoms with Crippen molar-refractivity contribution in [1.29, 1.82) is 0 Å². The van der Waals surface area contributed by atoms with Gasteiger partial charge in [0.1, 0.15) is 5.82 Å². The van der Waals surface area contributed by atoms with Crippen molar-refractivity contribution in [3.05, 3.63) is 71.7 Å². The van der Waals surface area contributed by atoms with Crippen LogP contribution in [0.2, 0.25) is 0 Å². The van der Waals surface area contributed by atoms with E-state index < -0.39 is 5.41 Å². The molecule has 1 fully saturated rings. The minimum atomic E-state index is -0.536. The van der Waals surface area contributed by atoms with Gasteiger partial charge >= 0.3 is 0 Å². The zero-order valence-corrected chi connectivity index (χ0v) is 15.1. The van der Waals surface area contributed by atoms with E-state index in [1.807, 2.05) is 36.5 Å². The summed E-state index contributed by atoms with van der Waals surface area (Å²) in [5.41, 5.74) is 2.42. The molecule has 2 heterocycles. The summed E-state index contributed by atoms with van der Waals surface area (Å²) in [6.07, 6.45) is 3.90. The topological polar surface area (TPSA) is 54.1 Å². The molecule has 0 spiro atoms. The SMILES string of the molecule is O=C(NCCc1c[nH]c2ccc(F)cc12)C1(c2ccccc2)CCOCC1. The molecule has 2 aromatic carbocycles. The van der Waals surface area contributed by atoms with Gasteiger partial charge in [-0.1, -0.05) is 30.3 Å². The number of amides is 1. The molecule has 2 N–H and O–H groups in total. The van der Waals surface area contributed by atoms with E-state index in [9.17, 15) is 9.18 Å². The molecule has 1 amide bonds. The molecule has 3 aromatic rings. The summed E-state index contributed by atoms with van der Waals surface area (Å²) in [7, 11) is 0. The van der Waals surface area contributed by atoms with Gasteiger partial charge in [0.05, 0.1) is 5.41 Å². The summed E-state index contributed by atoms with van der Waals surface area (Å²) < 4.78 is 19.0. The van der Waals surface area contributed by atoms with Crippen LogP contribution in [0.3, 0.4) is 0 Å². The van der Waals surface area contributed by atoms with E-state index in [2.05, 4.69) is 10.3 Å². The number of aromatic nitrogens is 1. The Kier molecular flexibility index (Phi) is 4.94. The summed E-state index contributed by atoms with van der Waals surface area (Å²) in [6, 6.07) is 14.7. The quantitative estimate of drug-likeness (QED) is 0.723. The first-order valence-corrected chi connectivity index (χ1v) is 9.36. The van der Waals surface area contributed by atoms with Crippen molar-refractivity contribution < 1.29 is 13.9 Å². The minimum Gasteiger partial charge on any atom is -0.381 e. The van der Waals surface area contributed by atoms with E-state index in [-0.39, 0.29) is 11.7 Å². The number of ether oxygens (including phenoxy) is 1. The molecule has 5 heteroatoms. The van der Waals surface area contributed by atoms with Gasteiger partial charge in [0, 0.05) is 36.9 Å². The Hall–Kier alpha value is -2.66. The Morgan fingerprint density at radius 2 is 1.93 bits per heavy atom. The normalized spacial score (nSPS) is 16.3. The summed E-state index contributed by atoms with van der Waals surface area (Å²) in [6.45, 7) is 1.69. The summed E-state index contributed by atoms with van der Waals surface area (Å²) in [5, 5.41) is 3.98. The lowest BCUT2D eigenvalue weighted by Crippen LogP contribution is -2.48. The van der Waals surface area contributed by atoms with Crippen LogP contribution in [-0.2, 0) is 21.4 Å². The number of aromatic amines is 1. The molecule has 1 aliphatic heterocycles. The number of benzene rings is 2. The van der Waals surface area contributed by atoms with Crippen LogP contribution in [0.1, 0.15) is 24.0 Å². The molecule has 0 radical (unpaired) electrons.